The van der Waals surface area contributed by atoms with Gasteiger partial charge in [0.25, 0.3) is 0 Å². The number of benzene rings is 2. The van der Waals surface area contributed by atoms with Gasteiger partial charge in [0.05, 0.1) is 12.4 Å². The lowest BCUT2D eigenvalue weighted by atomic mass is 10.2. The zero-order valence-corrected chi connectivity index (χ0v) is 18.9. The monoisotopic (exact) mass is 475 g/mol. The van der Waals surface area contributed by atoms with Crippen molar-refractivity contribution in [2.75, 3.05) is 12.4 Å². The van der Waals surface area contributed by atoms with E-state index in [1.807, 2.05) is 55.8 Å². The van der Waals surface area contributed by atoms with E-state index >= 15 is 0 Å². The molecule has 0 aliphatic heterocycles. The van der Waals surface area contributed by atoms with Crippen LogP contribution < -0.4 is 9.47 Å². The van der Waals surface area contributed by atoms with Gasteiger partial charge in [0.1, 0.15) is 6.61 Å². The van der Waals surface area contributed by atoms with Gasteiger partial charge in [0.15, 0.2) is 28.3 Å². The molecule has 0 bridgehead atoms. The van der Waals surface area contributed by atoms with Gasteiger partial charge in [-0.25, -0.2) is 0 Å². The second-order valence-electron chi connectivity index (χ2n) is 6.35. The van der Waals surface area contributed by atoms with E-state index in [1.54, 1.807) is 12.1 Å². The maximum Gasteiger partial charge on any atom is 0.191 e. The zero-order chi connectivity index (χ0) is 20.8. The molecule has 0 aliphatic rings. The van der Waals surface area contributed by atoms with E-state index < -0.39 is 0 Å². The van der Waals surface area contributed by atoms with Crippen molar-refractivity contribution < 1.29 is 14.3 Å². The Morgan fingerprint density at radius 1 is 1.10 bits per heavy atom. The molecule has 0 saturated carbocycles. The van der Waals surface area contributed by atoms with E-state index in [0.717, 1.165) is 10.0 Å². The summed E-state index contributed by atoms with van der Waals surface area (Å²) in [4.78, 5) is 12.4. The third-order valence-corrected chi connectivity index (χ3v) is 5.73. The summed E-state index contributed by atoms with van der Waals surface area (Å²) in [6, 6.07) is 13.1. The van der Waals surface area contributed by atoms with Gasteiger partial charge in [0, 0.05) is 17.1 Å². The van der Waals surface area contributed by atoms with Crippen LogP contribution in [-0.4, -0.2) is 32.9 Å². The highest BCUT2D eigenvalue weighted by atomic mass is 79.9. The van der Waals surface area contributed by atoms with E-state index in [-0.39, 0.29) is 12.4 Å². The Morgan fingerprint density at radius 3 is 2.59 bits per heavy atom. The van der Waals surface area contributed by atoms with Gasteiger partial charge in [-0.05, 0) is 43.7 Å². The summed E-state index contributed by atoms with van der Waals surface area (Å²) in [6.45, 7) is 4.77. The standard InChI is InChI=1S/C21H22BrN3O3S/c1-4-27-19-11-14(2)5-10-18(19)28-12-20-23-24-21(25(20)3)29-13-17(26)15-6-8-16(22)9-7-15/h5-11H,4,12-13H2,1-3H3. The number of rotatable bonds is 9. The minimum Gasteiger partial charge on any atom is -0.490 e. The number of hydrogen-bond donors (Lipinski definition) is 0. The number of thioether (sulfide) groups is 1. The Bertz CT molecular complexity index is 989. The molecule has 0 spiro atoms. The van der Waals surface area contributed by atoms with Crippen LogP contribution >= 0.6 is 27.7 Å². The molecule has 0 radical (unpaired) electrons. The molecule has 8 heteroatoms. The molecule has 1 aromatic heterocycles. The first kappa shape index (κ1) is 21.4. The number of carbonyl (C=O) groups excluding carboxylic acids is 1. The second kappa shape index (κ2) is 9.93. The first-order valence-corrected chi connectivity index (χ1v) is 10.9. The number of carbonyl (C=O) groups is 1. The highest BCUT2D eigenvalue weighted by Gasteiger charge is 2.14. The normalized spacial score (nSPS) is 10.8. The lowest BCUT2D eigenvalue weighted by Gasteiger charge is -2.12. The molecule has 0 fully saturated rings. The number of aryl methyl sites for hydroxylation is 1. The Balaban J connectivity index is 1.61. The van der Waals surface area contributed by atoms with Crippen LogP contribution in [0.5, 0.6) is 11.5 Å². The fraction of sp³-hybridized carbons (Fsp3) is 0.286. The van der Waals surface area contributed by atoms with Crippen molar-refractivity contribution in [3.05, 3.63) is 63.9 Å². The van der Waals surface area contributed by atoms with Gasteiger partial charge in [-0.2, -0.15) is 0 Å². The van der Waals surface area contributed by atoms with Gasteiger partial charge in [-0.1, -0.05) is 45.9 Å². The van der Waals surface area contributed by atoms with Crippen LogP contribution in [0.15, 0.2) is 52.1 Å². The Labute approximate surface area is 182 Å². The predicted molar refractivity (Wildman–Crippen MR) is 117 cm³/mol. The van der Waals surface area contributed by atoms with Gasteiger partial charge in [-0.15, -0.1) is 10.2 Å². The topological polar surface area (TPSA) is 66.2 Å². The number of halogens is 1. The summed E-state index contributed by atoms with van der Waals surface area (Å²) in [5, 5.41) is 9.05. The first-order chi connectivity index (χ1) is 14.0. The van der Waals surface area contributed by atoms with Crippen molar-refractivity contribution in [1.29, 1.82) is 0 Å². The fourth-order valence-corrected chi connectivity index (χ4v) is 3.68. The lowest BCUT2D eigenvalue weighted by molar-refractivity contribution is 0.102. The summed E-state index contributed by atoms with van der Waals surface area (Å²) >= 11 is 4.73. The summed E-state index contributed by atoms with van der Waals surface area (Å²) in [6.07, 6.45) is 0. The fourth-order valence-electron chi connectivity index (χ4n) is 2.59. The third-order valence-electron chi connectivity index (χ3n) is 4.18. The smallest absolute Gasteiger partial charge is 0.191 e. The van der Waals surface area contributed by atoms with Gasteiger partial charge >= 0.3 is 0 Å². The maximum absolute atomic E-state index is 12.4. The summed E-state index contributed by atoms with van der Waals surface area (Å²) in [7, 11) is 1.86. The molecule has 0 aliphatic carbocycles. The Hall–Kier alpha value is -2.32. The number of nitrogens with zero attached hydrogens (tertiary/aromatic N) is 3. The molecular formula is C21H22BrN3O3S. The quantitative estimate of drug-likeness (QED) is 0.325. The van der Waals surface area contributed by atoms with Crippen LogP contribution in [0.3, 0.4) is 0 Å². The minimum absolute atomic E-state index is 0.0457. The molecule has 0 unspecified atom stereocenters. The Kier molecular flexibility index (Phi) is 7.33. The van der Waals surface area contributed by atoms with E-state index in [1.165, 1.54) is 11.8 Å². The van der Waals surface area contributed by atoms with E-state index in [0.29, 0.717) is 40.4 Å². The number of ketones is 1. The van der Waals surface area contributed by atoms with Gasteiger partial charge < -0.3 is 14.0 Å². The van der Waals surface area contributed by atoms with Crippen LogP contribution in [0.1, 0.15) is 28.7 Å². The summed E-state index contributed by atoms with van der Waals surface area (Å²) in [5.74, 6) is 2.39. The van der Waals surface area contributed by atoms with Crippen molar-refractivity contribution >= 4 is 33.5 Å². The molecule has 0 N–H and O–H groups in total. The molecule has 152 valence electrons. The lowest BCUT2D eigenvalue weighted by Crippen LogP contribution is -2.07. The molecule has 1 heterocycles. The molecule has 29 heavy (non-hydrogen) atoms. The number of ether oxygens (including phenoxy) is 2. The van der Waals surface area contributed by atoms with E-state index in [2.05, 4.69) is 26.1 Å². The van der Waals surface area contributed by atoms with Crippen molar-refractivity contribution in [1.82, 2.24) is 14.8 Å². The summed E-state index contributed by atoms with van der Waals surface area (Å²) < 4.78 is 14.3. The van der Waals surface area contributed by atoms with Gasteiger partial charge in [0.2, 0.25) is 0 Å². The van der Waals surface area contributed by atoms with Crippen LogP contribution in [0, 0.1) is 6.92 Å². The SMILES string of the molecule is CCOc1cc(C)ccc1OCc1nnc(SCC(=O)c2ccc(Br)cc2)n1C. The second-order valence-corrected chi connectivity index (χ2v) is 8.21. The highest BCUT2D eigenvalue weighted by molar-refractivity contribution is 9.10. The molecule has 0 atom stereocenters. The molecular weight excluding hydrogens is 454 g/mol. The number of hydrogen-bond acceptors (Lipinski definition) is 6. The molecule has 0 amide bonds. The highest BCUT2D eigenvalue weighted by Crippen LogP contribution is 2.29. The van der Waals surface area contributed by atoms with Crippen molar-refractivity contribution in [2.45, 2.75) is 25.6 Å². The molecule has 3 rings (SSSR count). The molecule has 6 nitrogen and oxygen atoms in total. The van der Waals surface area contributed by atoms with Crippen LogP contribution in [0.4, 0.5) is 0 Å². The molecule has 0 saturated heterocycles. The number of Topliss-reactive ketones (excluding diaryl/α,β-unsaturated/α-hetero) is 1. The average Bonchev–Trinajstić information content (AvgIpc) is 3.06. The van der Waals surface area contributed by atoms with Crippen LogP contribution in [0.25, 0.3) is 0 Å². The molecule has 3 aromatic rings. The maximum atomic E-state index is 12.4. The van der Waals surface area contributed by atoms with Crippen LogP contribution in [-0.2, 0) is 13.7 Å². The Morgan fingerprint density at radius 2 is 1.86 bits per heavy atom. The first-order valence-electron chi connectivity index (χ1n) is 9.14. The molecule has 2 aromatic carbocycles. The predicted octanol–water partition coefficient (Wildman–Crippen LogP) is 4.84. The van der Waals surface area contributed by atoms with Crippen molar-refractivity contribution in [2.24, 2.45) is 7.05 Å². The van der Waals surface area contributed by atoms with Gasteiger partial charge in [-0.3, -0.25) is 4.79 Å². The zero-order valence-electron chi connectivity index (χ0n) is 16.5. The third kappa shape index (κ3) is 5.61. The number of aromatic nitrogens is 3. The van der Waals surface area contributed by atoms with Crippen molar-refractivity contribution in [3.63, 3.8) is 0 Å². The van der Waals surface area contributed by atoms with Crippen molar-refractivity contribution in [3.8, 4) is 11.5 Å². The minimum atomic E-state index is 0.0457. The largest absolute Gasteiger partial charge is 0.490 e. The average molecular weight is 476 g/mol. The van der Waals surface area contributed by atoms with Crippen LogP contribution in [0.2, 0.25) is 0 Å². The van der Waals surface area contributed by atoms with E-state index in [4.69, 9.17) is 9.47 Å². The van der Waals surface area contributed by atoms with E-state index in [9.17, 15) is 4.79 Å². The summed E-state index contributed by atoms with van der Waals surface area (Å²) in [5.41, 5.74) is 1.78.